The number of nitrogens with zero attached hydrogens (tertiary/aromatic N) is 3. The van der Waals surface area contributed by atoms with Gasteiger partial charge in [0, 0.05) is 43.4 Å². The molecule has 1 saturated heterocycles. The number of nitrogens with one attached hydrogen (secondary N) is 1. The van der Waals surface area contributed by atoms with Crippen molar-refractivity contribution in [2.45, 2.75) is 39.0 Å². The first kappa shape index (κ1) is 25.6. The Balaban J connectivity index is 1.69. The predicted octanol–water partition coefficient (Wildman–Crippen LogP) is 3.61. The van der Waals surface area contributed by atoms with E-state index in [0.717, 1.165) is 0 Å². The molecule has 0 spiro atoms. The summed E-state index contributed by atoms with van der Waals surface area (Å²) in [5.74, 6) is -1.63. The number of ether oxygens (including phenoxy) is 2. The number of benzene rings is 1. The summed E-state index contributed by atoms with van der Waals surface area (Å²) in [4.78, 5) is 40.9. The van der Waals surface area contributed by atoms with Gasteiger partial charge in [-0.05, 0) is 44.5 Å². The molecule has 3 heterocycles. The Hall–Kier alpha value is -3.44. The van der Waals surface area contributed by atoms with E-state index in [1.807, 2.05) is 0 Å². The van der Waals surface area contributed by atoms with Gasteiger partial charge in [-0.3, -0.25) is 14.3 Å². The van der Waals surface area contributed by atoms with Crippen LogP contribution in [0.15, 0.2) is 50.6 Å². The highest BCUT2D eigenvalue weighted by Crippen LogP contribution is 2.33. The molecule has 36 heavy (non-hydrogen) atoms. The Morgan fingerprint density at radius 2 is 2.06 bits per heavy atom. The van der Waals surface area contributed by atoms with Gasteiger partial charge in [-0.15, -0.1) is 0 Å². The minimum absolute atomic E-state index is 0.0233. The number of carbonyl (C=O) groups excluding carboxylic acids is 1. The number of amides is 1. The zero-order valence-corrected chi connectivity index (χ0v) is 20.8. The number of carbonyl (C=O) groups is 1. The summed E-state index contributed by atoms with van der Waals surface area (Å²) in [5, 5.41) is 3.64. The normalized spacial score (nSPS) is 18.6. The van der Waals surface area contributed by atoms with Crippen LogP contribution in [0.2, 0.25) is 5.02 Å². The first-order valence-corrected chi connectivity index (χ1v) is 11.7. The maximum Gasteiger partial charge on any atom is 0.439 e. The Morgan fingerprint density at radius 1 is 1.28 bits per heavy atom. The van der Waals surface area contributed by atoms with E-state index in [-0.39, 0.29) is 42.6 Å². The molecule has 1 amide bonds. The lowest BCUT2D eigenvalue weighted by atomic mass is 9.94. The van der Waals surface area contributed by atoms with E-state index in [2.05, 4.69) is 14.7 Å². The first-order chi connectivity index (χ1) is 17.0. The fourth-order valence-electron chi connectivity index (χ4n) is 4.02. The van der Waals surface area contributed by atoms with Crippen molar-refractivity contribution in [2.75, 3.05) is 19.7 Å². The average molecular weight is 521 g/mol. The van der Waals surface area contributed by atoms with Gasteiger partial charge < -0.3 is 18.9 Å². The fourth-order valence-corrected chi connectivity index (χ4v) is 4.14. The zero-order chi connectivity index (χ0) is 26.0. The van der Waals surface area contributed by atoms with Gasteiger partial charge in [0.15, 0.2) is 5.82 Å². The van der Waals surface area contributed by atoms with Crippen LogP contribution in [0, 0.1) is 11.7 Å². The molecule has 0 radical (unpaired) electrons. The third-order valence-electron chi connectivity index (χ3n) is 5.59. The van der Waals surface area contributed by atoms with Crippen LogP contribution in [0.5, 0.6) is 0 Å². The number of pyridine rings is 1. The molecule has 0 saturated carbocycles. The largest absolute Gasteiger partial charge is 0.444 e. The maximum atomic E-state index is 14.3. The van der Waals surface area contributed by atoms with Crippen molar-refractivity contribution in [1.29, 1.82) is 0 Å². The molecule has 1 aliphatic rings. The van der Waals surface area contributed by atoms with E-state index in [0.29, 0.717) is 11.1 Å². The van der Waals surface area contributed by atoms with Crippen molar-refractivity contribution in [2.24, 2.45) is 5.92 Å². The van der Waals surface area contributed by atoms with Crippen LogP contribution in [0.25, 0.3) is 11.4 Å². The summed E-state index contributed by atoms with van der Waals surface area (Å²) in [6, 6.07) is 7.24. The first-order valence-electron chi connectivity index (χ1n) is 11.3. The number of aromatic nitrogens is 3. The second-order valence-corrected chi connectivity index (χ2v) is 9.91. The lowest BCUT2D eigenvalue weighted by molar-refractivity contribution is 0.0231. The molecule has 2 atom stereocenters. The molecule has 0 bridgehead atoms. The summed E-state index contributed by atoms with van der Waals surface area (Å²) in [6.45, 7) is 6.05. The molecule has 4 rings (SSSR count). The molecule has 0 aliphatic carbocycles. The average Bonchev–Trinajstić information content (AvgIpc) is 3.12. The molecule has 1 aromatic carbocycles. The minimum atomic E-state index is -0.724. The molecule has 1 aliphatic heterocycles. The van der Waals surface area contributed by atoms with Crippen LogP contribution < -0.4 is 11.3 Å². The highest BCUT2D eigenvalue weighted by molar-refractivity contribution is 6.30. The molecular formula is C24H26ClFN4O6. The Morgan fingerprint density at radius 3 is 2.72 bits per heavy atom. The van der Waals surface area contributed by atoms with E-state index in [1.54, 1.807) is 26.8 Å². The van der Waals surface area contributed by atoms with Gasteiger partial charge in [0.1, 0.15) is 11.4 Å². The van der Waals surface area contributed by atoms with E-state index in [9.17, 15) is 18.8 Å². The lowest BCUT2D eigenvalue weighted by Gasteiger charge is -2.30. The van der Waals surface area contributed by atoms with Crippen molar-refractivity contribution in [1.82, 2.24) is 19.6 Å². The Bertz CT molecular complexity index is 1360. The second-order valence-electron chi connectivity index (χ2n) is 9.50. The topological polar surface area (TPSA) is 120 Å². The maximum absolute atomic E-state index is 14.3. The SMILES string of the molecule is CC(C)(C)OC(=O)N1CCO[C@@H](c2ccc(Cl)c(F)c2)[C@H](Cn2cc(-c3noc(=O)[nH]3)ccc2=O)C1. The van der Waals surface area contributed by atoms with Crippen LogP contribution in [0.4, 0.5) is 9.18 Å². The van der Waals surface area contributed by atoms with Gasteiger partial charge in [-0.2, -0.15) is 0 Å². The third-order valence-corrected chi connectivity index (χ3v) is 5.90. The summed E-state index contributed by atoms with van der Waals surface area (Å²) in [6.07, 6.45) is 0.366. The van der Waals surface area contributed by atoms with Gasteiger partial charge in [0.25, 0.3) is 5.56 Å². The van der Waals surface area contributed by atoms with Crippen LogP contribution in [-0.2, 0) is 16.0 Å². The molecule has 2 aromatic heterocycles. The summed E-state index contributed by atoms with van der Waals surface area (Å²) in [7, 11) is 0. The summed E-state index contributed by atoms with van der Waals surface area (Å²) in [5.41, 5.74) is -0.0390. The number of hydrogen-bond donors (Lipinski definition) is 1. The van der Waals surface area contributed by atoms with E-state index in [1.165, 1.54) is 39.9 Å². The summed E-state index contributed by atoms with van der Waals surface area (Å²) < 4.78 is 31.9. The minimum Gasteiger partial charge on any atom is -0.444 e. The molecule has 1 N–H and O–H groups in total. The van der Waals surface area contributed by atoms with Crippen LogP contribution >= 0.6 is 11.6 Å². The van der Waals surface area contributed by atoms with Crippen molar-refractivity contribution >= 4 is 17.7 Å². The molecular weight excluding hydrogens is 495 g/mol. The molecule has 10 nitrogen and oxygen atoms in total. The van der Waals surface area contributed by atoms with Crippen LogP contribution in [0.1, 0.15) is 32.4 Å². The summed E-state index contributed by atoms with van der Waals surface area (Å²) >= 11 is 5.87. The Kier molecular flexibility index (Phi) is 7.32. The van der Waals surface area contributed by atoms with Crippen molar-refractivity contribution in [3.63, 3.8) is 0 Å². The fraction of sp³-hybridized carbons (Fsp3) is 0.417. The monoisotopic (exact) mass is 520 g/mol. The van der Waals surface area contributed by atoms with Crippen LogP contribution in [-0.4, -0.2) is 51.0 Å². The van der Waals surface area contributed by atoms with Gasteiger partial charge >= 0.3 is 11.8 Å². The number of halogens is 2. The highest BCUT2D eigenvalue weighted by atomic mass is 35.5. The quantitative estimate of drug-likeness (QED) is 0.558. The predicted molar refractivity (Wildman–Crippen MR) is 128 cm³/mol. The Labute approximate surface area is 210 Å². The van der Waals surface area contributed by atoms with Crippen molar-refractivity contribution in [3.8, 4) is 11.4 Å². The number of H-pyrrole nitrogens is 1. The standard InChI is InChI=1S/C24H26ClFN4O6/c1-24(2,3)35-23(33)29-8-9-34-20(14-4-6-17(25)18(26)10-14)16(12-29)13-30-11-15(5-7-19(30)31)21-27-22(32)36-28-21/h4-7,10-11,16,20H,8-9,12-13H2,1-3H3,(H,27,28,32)/t16-,20-/m0/s1. The lowest BCUT2D eigenvalue weighted by Crippen LogP contribution is -2.41. The number of aromatic amines is 1. The molecule has 192 valence electrons. The molecule has 0 unspecified atom stereocenters. The van der Waals surface area contributed by atoms with E-state index in [4.69, 9.17) is 21.1 Å². The van der Waals surface area contributed by atoms with E-state index < -0.39 is 35.3 Å². The highest BCUT2D eigenvalue weighted by Gasteiger charge is 2.34. The second kappa shape index (κ2) is 10.3. The molecule has 12 heteroatoms. The molecule has 1 fully saturated rings. The third kappa shape index (κ3) is 6.03. The van der Waals surface area contributed by atoms with Gasteiger partial charge in [-0.25, -0.2) is 14.0 Å². The zero-order valence-electron chi connectivity index (χ0n) is 20.0. The van der Waals surface area contributed by atoms with Crippen molar-refractivity contribution < 1.29 is 23.2 Å². The van der Waals surface area contributed by atoms with Crippen LogP contribution in [0.3, 0.4) is 0 Å². The van der Waals surface area contributed by atoms with Gasteiger partial charge in [0.05, 0.1) is 17.7 Å². The number of rotatable bonds is 4. The molecule has 3 aromatic rings. The van der Waals surface area contributed by atoms with Crippen molar-refractivity contribution in [3.05, 3.63) is 73.8 Å². The number of hydrogen-bond acceptors (Lipinski definition) is 7. The van der Waals surface area contributed by atoms with E-state index >= 15 is 0 Å². The van der Waals surface area contributed by atoms with Gasteiger partial charge in [0.2, 0.25) is 0 Å². The smallest absolute Gasteiger partial charge is 0.439 e. The van der Waals surface area contributed by atoms with Gasteiger partial charge in [-0.1, -0.05) is 22.8 Å².